The van der Waals surface area contributed by atoms with E-state index in [2.05, 4.69) is 21.6 Å². The Morgan fingerprint density at radius 2 is 1.85 bits per heavy atom. The van der Waals surface area contributed by atoms with Gasteiger partial charge in [-0.25, -0.2) is 0 Å². The standard InChI is InChI=1S/C25H29N5O2S/c1-25(2,3)23(31)27-21(16-32-15-18-10-6-5-7-11-18)22-28-29-24(30(22)4)33-17-20-13-9-8-12-19(20)14-26/h5-13,21H,15-17H2,1-4H3,(H,27,31)/t21-/m1/s1. The molecule has 0 aliphatic carbocycles. The van der Waals surface area contributed by atoms with E-state index in [-0.39, 0.29) is 12.5 Å². The molecule has 0 saturated carbocycles. The minimum absolute atomic E-state index is 0.0871. The smallest absolute Gasteiger partial charge is 0.226 e. The summed E-state index contributed by atoms with van der Waals surface area (Å²) in [4.78, 5) is 12.7. The summed E-state index contributed by atoms with van der Waals surface area (Å²) in [7, 11) is 1.88. The molecule has 7 nitrogen and oxygen atoms in total. The first-order chi connectivity index (χ1) is 15.8. The number of benzene rings is 2. The molecular formula is C25H29N5O2S. The van der Waals surface area contributed by atoms with Crippen molar-refractivity contribution in [2.24, 2.45) is 12.5 Å². The lowest BCUT2D eigenvalue weighted by atomic mass is 9.95. The van der Waals surface area contributed by atoms with Gasteiger partial charge in [-0.2, -0.15) is 5.26 Å². The van der Waals surface area contributed by atoms with E-state index in [9.17, 15) is 10.1 Å². The predicted octanol–water partition coefficient (Wildman–Crippen LogP) is 4.40. The fraction of sp³-hybridized carbons (Fsp3) is 0.360. The normalized spacial score (nSPS) is 12.2. The molecule has 8 heteroatoms. The van der Waals surface area contributed by atoms with Crippen molar-refractivity contribution >= 4 is 17.7 Å². The van der Waals surface area contributed by atoms with Crippen molar-refractivity contribution in [2.45, 2.75) is 44.3 Å². The maximum atomic E-state index is 12.7. The average molecular weight is 464 g/mol. The summed E-state index contributed by atoms with van der Waals surface area (Å²) in [6.45, 7) is 6.32. The van der Waals surface area contributed by atoms with Crippen molar-refractivity contribution in [2.75, 3.05) is 6.61 Å². The molecule has 0 aliphatic rings. The minimum atomic E-state index is -0.547. The van der Waals surface area contributed by atoms with Gasteiger partial charge < -0.3 is 14.6 Å². The molecule has 0 radical (unpaired) electrons. The number of carbonyl (C=O) groups is 1. The van der Waals surface area contributed by atoms with Gasteiger partial charge in [0.2, 0.25) is 5.91 Å². The van der Waals surface area contributed by atoms with E-state index in [1.807, 2.05) is 80.9 Å². The van der Waals surface area contributed by atoms with Crippen molar-refractivity contribution in [3.05, 3.63) is 77.1 Å². The summed E-state index contributed by atoms with van der Waals surface area (Å²) in [6, 6.07) is 19.2. The molecule has 2 aromatic carbocycles. The van der Waals surface area contributed by atoms with Crippen LogP contribution in [0.2, 0.25) is 0 Å². The van der Waals surface area contributed by atoms with Crippen LogP contribution >= 0.6 is 11.8 Å². The summed E-state index contributed by atoms with van der Waals surface area (Å²) < 4.78 is 7.81. The molecule has 1 aromatic heterocycles. The highest BCUT2D eigenvalue weighted by Gasteiger charge is 2.28. The first-order valence-corrected chi connectivity index (χ1v) is 11.7. The molecule has 172 valence electrons. The fourth-order valence-electron chi connectivity index (χ4n) is 3.08. The number of nitrogens with zero attached hydrogens (tertiary/aromatic N) is 4. The summed E-state index contributed by atoms with van der Waals surface area (Å²) >= 11 is 1.50. The molecule has 0 saturated heterocycles. The second kappa shape index (κ2) is 11.1. The topological polar surface area (TPSA) is 92.8 Å². The van der Waals surface area contributed by atoms with Crippen molar-refractivity contribution in [1.29, 1.82) is 5.26 Å². The molecule has 0 aliphatic heterocycles. The zero-order valence-electron chi connectivity index (χ0n) is 19.4. The molecule has 3 rings (SSSR count). The number of hydrogen-bond donors (Lipinski definition) is 1. The fourth-order valence-corrected chi connectivity index (χ4v) is 4.00. The van der Waals surface area contributed by atoms with Gasteiger partial charge in [-0.05, 0) is 17.2 Å². The lowest BCUT2D eigenvalue weighted by Crippen LogP contribution is -2.40. The SMILES string of the molecule is Cn1c(SCc2ccccc2C#N)nnc1[C@@H](COCc1ccccc1)NC(=O)C(C)(C)C. The maximum Gasteiger partial charge on any atom is 0.226 e. The van der Waals surface area contributed by atoms with Gasteiger partial charge in [0.25, 0.3) is 0 Å². The summed E-state index contributed by atoms with van der Waals surface area (Å²) in [5.41, 5.74) is 2.11. The van der Waals surface area contributed by atoms with Crippen LogP contribution in [0, 0.1) is 16.7 Å². The van der Waals surface area contributed by atoms with Crippen LogP contribution in [-0.2, 0) is 28.9 Å². The molecule has 1 N–H and O–H groups in total. The van der Waals surface area contributed by atoms with Crippen LogP contribution in [0.5, 0.6) is 0 Å². The van der Waals surface area contributed by atoms with Crippen LogP contribution in [0.25, 0.3) is 0 Å². The van der Waals surface area contributed by atoms with E-state index in [0.29, 0.717) is 28.9 Å². The molecule has 1 atom stereocenters. The van der Waals surface area contributed by atoms with E-state index in [0.717, 1.165) is 11.1 Å². The van der Waals surface area contributed by atoms with E-state index in [1.165, 1.54) is 11.8 Å². The van der Waals surface area contributed by atoms with Crippen LogP contribution in [0.1, 0.15) is 49.3 Å². The highest BCUT2D eigenvalue weighted by Crippen LogP contribution is 2.25. The molecule has 33 heavy (non-hydrogen) atoms. The third-order valence-electron chi connectivity index (χ3n) is 5.06. The molecule has 0 unspecified atom stereocenters. The van der Waals surface area contributed by atoms with Gasteiger partial charge in [0, 0.05) is 18.2 Å². The Balaban J connectivity index is 1.74. The van der Waals surface area contributed by atoms with Gasteiger partial charge in [0.05, 0.1) is 24.8 Å². The molecule has 1 heterocycles. The first kappa shape index (κ1) is 24.5. The van der Waals surface area contributed by atoms with E-state index in [4.69, 9.17) is 4.74 Å². The molecule has 0 fully saturated rings. The number of carbonyl (C=O) groups excluding carboxylic acids is 1. The number of thioether (sulfide) groups is 1. The largest absolute Gasteiger partial charge is 0.374 e. The Morgan fingerprint density at radius 1 is 1.15 bits per heavy atom. The monoisotopic (exact) mass is 463 g/mol. The summed E-state index contributed by atoms with van der Waals surface area (Å²) in [5, 5.41) is 21.8. The van der Waals surface area contributed by atoms with Crippen molar-refractivity contribution in [3.63, 3.8) is 0 Å². The van der Waals surface area contributed by atoms with Gasteiger partial charge in [-0.15, -0.1) is 10.2 Å². The second-order valence-electron chi connectivity index (χ2n) is 8.73. The summed E-state index contributed by atoms with van der Waals surface area (Å²) in [5.74, 6) is 1.13. The Hall–Kier alpha value is -3.15. The minimum Gasteiger partial charge on any atom is -0.374 e. The van der Waals surface area contributed by atoms with Crippen molar-refractivity contribution in [1.82, 2.24) is 20.1 Å². The zero-order valence-corrected chi connectivity index (χ0v) is 20.2. The van der Waals surface area contributed by atoms with Crippen LogP contribution < -0.4 is 5.32 Å². The third kappa shape index (κ3) is 6.67. The van der Waals surface area contributed by atoms with Gasteiger partial charge in [0.1, 0.15) is 6.04 Å². The summed E-state index contributed by atoms with van der Waals surface area (Å²) in [6.07, 6.45) is 0. The number of nitriles is 1. The number of hydrogen-bond acceptors (Lipinski definition) is 6. The lowest BCUT2D eigenvalue weighted by molar-refractivity contribution is -0.129. The highest BCUT2D eigenvalue weighted by atomic mass is 32.2. The maximum absolute atomic E-state index is 12.7. The number of amides is 1. The molecule has 3 aromatic rings. The van der Waals surface area contributed by atoms with Crippen LogP contribution in [-0.4, -0.2) is 27.3 Å². The molecule has 1 amide bonds. The van der Waals surface area contributed by atoms with Crippen molar-refractivity contribution < 1.29 is 9.53 Å². The van der Waals surface area contributed by atoms with Crippen LogP contribution in [0.15, 0.2) is 59.8 Å². The average Bonchev–Trinajstić information content (AvgIpc) is 3.17. The number of ether oxygens (including phenoxy) is 1. The molecule has 0 spiro atoms. The molecular weight excluding hydrogens is 434 g/mol. The second-order valence-corrected chi connectivity index (χ2v) is 9.68. The van der Waals surface area contributed by atoms with Crippen LogP contribution in [0.4, 0.5) is 0 Å². The van der Waals surface area contributed by atoms with Crippen molar-refractivity contribution in [3.8, 4) is 6.07 Å². The zero-order chi connectivity index (χ0) is 23.8. The lowest BCUT2D eigenvalue weighted by Gasteiger charge is -2.24. The van der Waals surface area contributed by atoms with E-state index >= 15 is 0 Å². The number of aromatic nitrogens is 3. The predicted molar refractivity (Wildman–Crippen MR) is 128 cm³/mol. The van der Waals surface area contributed by atoms with Gasteiger partial charge in [-0.3, -0.25) is 4.79 Å². The van der Waals surface area contributed by atoms with Crippen LogP contribution in [0.3, 0.4) is 0 Å². The van der Waals surface area contributed by atoms with E-state index in [1.54, 1.807) is 6.07 Å². The quantitative estimate of drug-likeness (QED) is 0.473. The van der Waals surface area contributed by atoms with E-state index < -0.39 is 11.5 Å². The highest BCUT2D eigenvalue weighted by molar-refractivity contribution is 7.98. The first-order valence-electron chi connectivity index (χ1n) is 10.7. The van der Waals surface area contributed by atoms with Gasteiger partial charge in [0.15, 0.2) is 11.0 Å². The Labute approximate surface area is 199 Å². The van der Waals surface area contributed by atoms with Gasteiger partial charge in [-0.1, -0.05) is 81.1 Å². The van der Waals surface area contributed by atoms with Gasteiger partial charge >= 0.3 is 0 Å². The Bertz CT molecular complexity index is 1120. The number of rotatable bonds is 9. The number of nitrogens with one attached hydrogen (secondary N) is 1. The Morgan fingerprint density at radius 3 is 2.55 bits per heavy atom. The Kier molecular flexibility index (Phi) is 8.26. The third-order valence-corrected chi connectivity index (χ3v) is 6.13. The molecule has 0 bridgehead atoms.